The van der Waals surface area contributed by atoms with Gasteiger partial charge >= 0.3 is 0 Å². The van der Waals surface area contributed by atoms with Gasteiger partial charge in [0.25, 0.3) is 0 Å². The molecule has 1 aliphatic carbocycles. The Kier molecular flexibility index (Phi) is 6.20. The molecule has 5 nitrogen and oxygen atoms in total. The first-order valence-corrected chi connectivity index (χ1v) is 8.00. The molecule has 0 saturated heterocycles. The summed E-state index contributed by atoms with van der Waals surface area (Å²) in [6.45, 7) is 9.18. The maximum absolute atomic E-state index is 12.9. The summed E-state index contributed by atoms with van der Waals surface area (Å²) in [7, 11) is 1.60. The van der Waals surface area contributed by atoms with Crippen molar-refractivity contribution in [3.8, 4) is 0 Å². The van der Waals surface area contributed by atoms with Crippen LogP contribution in [0.25, 0.3) is 0 Å². The Morgan fingerprint density at radius 2 is 1.95 bits per heavy atom. The minimum absolute atomic E-state index is 0.0523. The zero-order valence-corrected chi connectivity index (χ0v) is 14.1. The highest BCUT2D eigenvalue weighted by Crippen LogP contribution is 2.45. The van der Waals surface area contributed by atoms with Crippen LogP contribution in [0.15, 0.2) is 0 Å². The van der Waals surface area contributed by atoms with E-state index in [0.717, 1.165) is 19.3 Å². The van der Waals surface area contributed by atoms with Gasteiger partial charge in [0.15, 0.2) is 0 Å². The molecule has 0 aromatic heterocycles. The lowest BCUT2D eigenvalue weighted by Crippen LogP contribution is -2.53. The van der Waals surface area contributed by atoms with Gasteiger partial charge in [-0.05, 0) is 30.6 Å². The number of hydrogen-bond acceptors (Lipinski definition) is 3. The van der Waals surface area contributed by atoms with E-state index >= 15 is 0 Å². The highest BCUT2D eigenvalue weighted by molar-refractivity contribution is 5.86. The quantitative estimate of drug-likeness (QED) is 0.805. The molecule has 122 valence electrons. The van der Waals surface area contributed by atoms with Crippen LogP contribution in [0.2, 0.25) is 0 Å². The number of nitrogens with zero attached hydrogens (tertiary/aromatic N) is 1. The number of carbonyl (C=O) groups is 2. The highest BCUT2D eigenvalue weighted by Gasteiger charge is 2.46. The minimum atomic E-state index is -0.135. The first-order chi connectivity index (χ1) is 9.75. The summed E-state index contributed by atoms with van der Waals surface area (Å²) >= 11 is 0. The predicted molar refractivity (Wildman–Crippen MR) is 84.6 cm³/mol. The Morgan fingerprint density at radius 3 is 2.48 bits per heavy atom. The fourth-order valence-corrected chi connectivity index (χ4v) is 3.30. The van der Waals surface area contributed by atoms with Crippen LogP contribution in [0.4, 0.5) is 0 Å². The second-order valence-corrected chi connectivity index (χ2v) is 6.84. The van der Waals surface area contributed by atoms with Crippen molar-refractivity contribution in [1.29, 1.82) is 0 Å². The van der Waals surface area contributed by atoms with Crippen LogP contribution in [0.3, 0.4) is 0 Å². The molecule has 5 heteroatoms. The van der Waals surface area contributed by atoms with Crippen molar-refractivity contribution in [3.05, 3.63) is 0 Å². The van der Waals surface area contributed by atoms with Gasteiger partial charge < -0.3 is 16.0 Å². The number of nitrogens with one attached hydrogen (secondary N) is 1. The van der Waals surface area contributed by atoms with Crippen molar-refractivity contribution >= 4 is 11.8 Å². The second-order valence-electron chi connectivity index (χ2n) is 6.84. The predicted octanol–water partition coefficient (Wildman–Crippen LogP) is 1.37. The molecule has 3 N–H and O–H groups in total. The van der Waals surface area contributed by atoms with Crippen LogP contribution >= 0.6 is 0 Å². The van der Waals surface area contributed by atoms with Gasteiger partial charge in [0.2, 0.25) is 11.8 Å². The molecule has 0 aromatic carbocycles. The number of amides is 2. The molecule has 1 aliphatic rings. The summed E-state index contributed by atoms with van der Waals surface area (Å²) in [5.41, 5.74) is 6.03. The summed E-state index contributed by atoms with van der Waals surface area (Å²) in [4.78, 5) is 26.3. The molecule has 1 rings (SSSR count). The van der Waals surface area contributed by atoms with E-state index in [0.29, 0.717) is 12.5 Å². The molecule has 1 fully saturated rings. The van der Waals surface area contributed by atoms with Crippen molar-refractivity contribution in [3.63, 3.8) is 0 Å². The van der Waals surface area contributed by atoms with Crippen molar-refractivity contribution in [2.75, 3.05) is 20.1 Å². The van der Waals surface area contributed by atoms with Gasteiger partial charge in [0, 0.05) is 25.6 Å². The number of nitrogens with two attached hydrogens (primary N) is 1. The van der Waals surface area contributed by atoms with Crippen molar-refractivity contribution < 1.29 is 9.59 Å². The summed E-state index contributed by atoms with van der Waals surface area (Å²) in [6, 6.07) is 0.155. The summed E-state index contributed by atoms with van der Waals surface area (Å²) in [6.07, 6.45) is 2.54. The van der Waals surface area contributed by atoms with Gasteiger partial charge in [-0.2, -0.15) is 0 Å². The van der Waals surface area contributed by atoms with Crippen LogP contribution in [0, 0.1) is 17.3 Å². The topological polar surface area (TPSA) is 75.4 Å². The Labute approximate surface area is 128 Å². The Hall–Kier alpha value is -1.10. The zero-order valence-electron chi connectivity index (χ0n) is 14.1. The first-order valence-electron chi connectivity index (χ1n) is 8.00. The van der Waals surface area contributed by atoms with Gasteiger partial charge in [-0.3, -0.25) is 9.59 Å². The largest absolute Gasteiger partial charge is 0.358 e. The third-order valence-electron chi connectivity index (χ3n) is 5.22. The van der Waals surface area contributed by atoms with Crippen LogP contribution in [-0.2, 0) is 9.59 Å². The number of rotatable bonds is 5. The normalized spacial score (nSPS) is 28.0. The van der Waals surface area contributed by atoms with E-state index in [1.54, 1.807) is 11.9 Å². The first kappa shape index (κ1) is 18.0. The second kappa shape index (κ2) is 7.25. The van der Waals surface area contributed by atoms with Gasteiger partial charge in [-0.25, -0.2) is 0 Å². The molecule has 0 aliphatic heterocycles. The fraction of sp³-hybridized carbons (Fsp3) is 0.875. The molecule has 0 radical (unpaired) electrons. The minimum Gasteiger partial charge on any atom is -0.358 e. The molecule has 0 bridgehead atoms. The van der Waals surface area contributed by atoms with Crippen molar-refractivity contribution in [2.45, 2.75) is 53.0 Å². The van der Waals surface area contributed by atoms with E-state index in [4.69, 9.17) is 5.73 Å². The standard InChI is InChI=1S/C16H31N3O2/c1-6-9-19(10-14(20)18-5)15(21)12-7-8-13(17)11(2)16(12,3)4/h11-13H,6-10,17H2,1-5H3,(H,18,20). The Balaban J connectivity index is 2.89. The molecular weight excluding hydrogens is 266 g/mol. The van der Waals surface area contributed by atoms with E-state index in [9.17, 15) is 9.59 Å². The highest BCUT2D eigenvalue weighted by atomic mass is 16.2. The average Bonchev–Trinajstić information content (AvgIpc) is 2.43. The van der Waals surface area contributed by atoms with Crippen molar-refractivity contribution in [1.82, 2.24) is 10.2 Å². The SMILES string of the molecule is CCCN(CC(=O)NC)C(=O)C1CCC(N)C(C)C1(C)C. The molecule has 2 amide bonds. The smallest absolute Gasteiger partial charge is 0.239 e. The van der Waals surface area contributed by atoms with Crippen LogP contribution in [-0.4, -0.2) is 42.9 Å². The molecule has 0 heterocycles. The lowest BCUT2D eigenvalue weighted by Gasteiger charge is -2.47. The van der Waals surface area contributed by atoms with Gasteiger partial charge in [0.05, 0.1) is 6.54 Å². The molecule has 21 heavy (non-hydrogen) atoms. The molecule has 3 atom stereocenters. The molecule has 3 unspecified atom stereocenters. The van der Waals surface area contributed by atoms with E-state index in [2.05, 4.69) is 26.1 Å². The third kappa shape index (κ3) is 3.96. The number of hydrogen-bond donors (Lipinski definition) is 2. The van der Waals surface area contributed by atoms with Gasteiger partial charge in [0.1, 0.15) is 0 Å². The molecule has 0 aromatic rings. The van der Waals surface area contributed by atoms with Crippen molar-refractivity contribution in [2.24, 2.45) is 23.0 Å². The molecule has 1 saturated carbocycles. The van der Waals surface area contributed by atoms with Gasteiger partial charge in [-0.15, -0.1) is 0 Å². The van der Waals surface area contributed by atoms with E-state index in [1.807, 2.05) is 6.92 Å². The van der Waals surface area contributed by atoms with E-state index < -0.39 is 0 Å². The third-order valence-corrected chi connectivity index (χ3v) is 5.22. The number of carbonyl (C=O) groups excluding carboxylic acids is 2. The zero-order chi connectivity index (χ0) is 16.2. The summed E-state index contributed by atoms with van der Waals surface area (Å²) in [5, 5.41) is 2.60. The lowest BCUT2D eigenvalue weighted by molar-refractivity contribution is -0.146. The maximum atomic E-state index is 12.9. The number of likely N-dealkylation sites (N-methyl/N-ethyl adjacent to an activating group) is 1. The summed E-state index contributed by atoms with van der Waals surface area (Å²) < 4.78 is 0. The molecular formula is C16H31N3O2. The monoisotopic (exact) mass is 297 g/mol. The van der Waals surface area contributed by atoms with Crippen LogP contribution in [0.1, 0.15) is 47.0 Å². The maximum Gasteiger partial charge on any atom is 0.239 e. The van der Waals surface area contributed by atoms with Gasteiger partial charge in [-0.1, -0.05) is 27.7 Å². The lowest BCUT2D eigenvalue weighted by atomic mass is 9.60. The van der Waals surface area contributed by atoms with Crippen LogP contribution in [0.5, 0.6) is 0 Å². The average molecular weight is 297 g/mol. The Morgan fingerprint density at radius 1 is 1.33 bits per heavy atom. The van der Waals surface area contributed by atoms with E-state index in [1.165, 1.54) is 0 Å². The fourth-order valence-electron chi connectivity index (χ4n) is 3.30. The van der Waals surface area contributed by atoms with Crippen LogP contribution < -0.4 is 11.1 Å². The summed E-state index contributed by atoms with van der Waals surface area (Å²) in [5.74, 6) is 0.228. The Bertz CT molecular complexity index is 382. The molecule has 0 spiro atoms. The van der Waals surface area contributed by atoms with E-state index in [-0.39, 0.29) is 35.7 Å².